The van der Waals surface area contributed by atoms with E-state index >= 15 is 0 Å². The van der Waals surface area contributed by atoms with Gasteiger partial charge in [0.2, 0.25) is 21.8 Å². The average Bonchev–Trinajstić information content (AvgIpc) is 4.03. The molecule has 0 aromatic heterocycles. The summed E-state index contributed by atoms with van der Waals surface area (Å²) in [7, 11) is -3.91. The monoisotopic (exact) mass is 807 g/mol. The lowest BCUT2D eigenvalue weighted by molar-refractivity contribution is -0.142. The Morgan fingerprint density at radius 2 is 1.73 bits per heavy atom. The van der Waals surface area contributed by atoms with Crippen LogP contribution in [0.5, 0.6) is 0 Å². The van der Waals surface area contributed by atoms with Crippen LogP contribution >= 0.6 is 11.6 Å². The third-order valence-electron chi connectivity index (χ3n) is 11.5. The molecule has 5 aliphatic rings. The molecule has 4 fully saturated rings. The number of allylic oxidation sites excluding steroid dienone is 1. The summed E-state index contributed by atoms with van der Waals surface area (Å²) >= 11 is 6.47. The van der Waals surface area contributed by atoms with Gasteiger partial charge in [-0.15, -0.1) is 0 Å². The zero-order valence-corrected chi connectivity index (χ0v) is 33.5. The molecule has 300 valence electrons. The number of sulfonamides is 1. The molecule has 0 spiro atoms. The number of nitrogens with one attached hydrogen (secondary N) is 3. The number of hydrogen-bond acceptors (Lipinski definition) is 8. The number of fused-ring (bicyclic) bond motifs is 4. The standard InChI is InChI=1S/C41H50ClN5O8S/c1-40(2,3)55-39(52)43-33-17-8-6-4-5-7-14-28-21-41(28,38(51)45-56(53,54)29-18-19-29)44-35(48)34-31-24-46(22-27(31)23-47(34)37(33)50)36(49)26-13-11-12-25(20-26)30-15-9-10-16-32(30)42/h7,9-16,20,27-29,31,33-34H,4-6,8,17-19,21-24H2,1-3H3,(H,43,52)(H,44,48)(H,45,51)/b14-7-/t27-,28-,31-,33+,34-,41+/m0/s1. The van der Waals surface area contributed by atoms with Gasteiger partial charge in [-0.3, -0.25) is 23.9 Å². The molecule has 6 atom stereocenters. The highest BCUT2D eigenvalue weighted by Crippen LogP contribution is 2.47. The van der Waals surface area contributed by atoms with Crippen LogP contribution < -0.4 is 15.4 Å². The van der Waals surface area contributed by atoms with Gasteiger partial charge in [-0.25, -0.2) is 13.2 Å². The molecule has 2 aromatic carbocycles. The Morgan fingerprint density at radius 3 is 2.46 bits per heavy atom. The summed E-state index contributed by atoms with van der Waals surface area (Å²) in [5, 5.41) is 5.61. The lowest BCUT2D eigenvalue weighted by Gasteiger charge is -2.33. The Morgan fingerprint density at radius 1 is 0.964 bits per heavy atom. The summed E-state index contributed by atoms with van der Waals surface area (Å²) in [5.74, 6) is -3.33. The van der Waals surface area contributed by atoms with Gasteiger partial charge >= 0.3 is 6.09 Å². The number of carbonyl (C=O) groups excluding carboxylic acids is 5. The van der Waals surface area contributed by atoms with Crippen molar-refractivity contribution >= 4 is 51.3 Å². The van der Waals surface area contributed by atoms with Crippen molar-refractivity contribution in [1.82, 2.24) is 25.2 Å². The van der Waals surface area contributed by atoms with E-state index in [0.29, 0.717) is 42.7 Å². The number of amides is 5. The molecule has 0 unspecified atom stereocenters. The number of nitrogens with zero attached hydrogens (tertiary/aromatic N) is 2. The molecule has 3 aliphatic heterocycles. The van der Waals surface area contributed by atoms with Gasteiger partial charge in [-0.1, -0.05) is 66.9 Å². The number of carbonyl (C=O) groups is 5. The normalized spacial score (nSPS) is 28.8. The number of rotatable bonds is 6. The second kappa shape index (κ2) is 15.5. The molecule has 15 heteroatoms. The first-order valence-corrected chi connectivity index (χ1v) is 21.5. The van der Waals surface area contributed by atoms with Crippen molar-refractivity contribution in [3.8, 4) is 11.1 Å². The average molecular weight is 808 g/mol. The van der Waals surface area contributed by atoms with E-state index in [1.54, 1.807) is 49.9 Å². The van der Waals surface area contributed by atoms with Crippen LogP contribution in [0.1, 0.15) is 82.5 Å². The fourth-order valence-electron chi connectivity index (χ4n) is 8.38. The molecule has 0 bridgehead atoms. The zero-order valence-electron chi connectivity index (χ0n) is 32.0. The lowest BCUT2D eigenvalue weighted by atomic mass is 9.93. The Bertz CT molecular complexity index is 2050. The molecule has 2 saturated heterocycles. The topological polar surface area (TPSA) is 171 Å². The molecule has 3 N–H and O–H groups in total. The Hall–Kier alpha value is -4.43. The lowest BCUT2D eigenvalue weighted by Crippen LogP contribution is -2.60. The van der Waals surface area contributed by atoms with Crippen LogP contribution in [0.25, 0.3) is 11.1 Å². The van der Waals surface area contributed by atoms with E-state index in [9.17, 15) is 32.4 Å². The number of benzene rings is 2. The minimum atomic E-state index is -3.91. The van der Waals surface area contributed by atoms with Gasteiger partial charge in [0.1, 0.15) is 23.2 Å². The summed E-state index contributed by atoms with van der Waals surface area (Å²) in [6.07, 6.45) is 7.38. The third-order valence-corrected chi connectivity index (χ3v) is 13.6. The first-order valence-electron chi connectivity index (χ1n) is 19.6. The van der Waals surface area contributed by atoms with Gasteiger partial charge in [0, 0.05) is 53.5 Å². The second-order valence-corrected chi connectivity index (χ2v) is 19.2. The van der Waals surface area contributed by atoms with Crippen molar-refractivity contribution < 1.29 is 37.1 Å². The summed E-state index contributed by atoms with van der Waals surface area (Å²) in [6.45, 7) is 5.75. The van der Waals surface area contributed by atoms with Crippen LogP contribution in [-0.2, 0) is 29.1 Å². The second-order valence-electron chi connectivity index (χ2n) is 16.8. The molecule has 2 aliphatic carbocycles. The van der Waals surface area contributed by atoms with Crippen LogP contribution in [0.3, 0.4) is 0 Å². The molecule has 56 heavy (non-hydrogen) atoms. The van der Waals surface area contributed by atoms with Gasteiger partial charge in [0.25, 0.3) is 11.8 Å². The first-order chi connectivity index (χ1) is 26.6. The predicted octanol–water partition coefficient (Wildman–Crippen LogP) is 4.80. The molecular formula is C41H50ClN5O8S. The van der Waals surface area contributed by atoms with Crippen molar-refractivity contribution in [2.75, 3.05) is 19.6 Å². The molecule has 7 rings (SSSR count). The molecular weight excluding hydrogens is 758 g/mol. The van der Waals surface area contributed by atoms with Crippen LogP contribution in [0.4, 0.5) is 4.79 Å². The Labute approximate surface area is 333 Å². The predicted molar refractivity (Wildman–Crippen MR) is 210 cm³/mol. The minimum Gasteiger partial charge on any atom is -0.444 e. The highest BCUT2D eigenvalue weighted by Gasteiger charge is 2.63. The summed E-state index contributed by atoms with van der Waals surface area (Å²) < 4.78 is 33.6. The van der Waals surface area contributed by atoms with Crippen LogP contribution in [0.2, 0.25) is 5.02 Å². The molecule has 5 amide bonds. The van der Waals surface area contributed by atoms with E-state index in [4.69, 9.17) is 16.3 Å². The number of halogens is 1. The van der Waals surface area contributed by atoms with E-state index in [0.717, 1.165) is 24.0 Å². The van der Waals surface area contributed by atoms with Crippen molar-refractivity contribution in [2.45, 2.75) is 101 Å². The summed E-state index contributed by atoms with van der Waals surface area (Å²) in [6, 6.07) is 12.5. The fraction of sp³-hybridized carbons (Fsp3) is 0.537. The van der Waals surface area contributed by atoms with Crippen LogP contribution in [-0.4, -0.2) is 96.0 Å². The van der Waals surface area contributed by atoms with E-state index < -0.39 is 74.1 Å². The van der Waals surface area contributed by atoms with Crippen LogP contribution in [0, 0.1) is 17.8 Å². The van der Waals surface area contributed by atoms with E-state index in [1.807, 2.05) is 36.4 Å². The quantitative estimate of drug-likeness (QED) is 0.350. The molecule has 2 aromatic rings. The largest absolute Gasteiger partial charge is 0.444 e. The maximum Gasteiger partial charge on any atom is 0.408 e. The van der Waals surface area contributed by atoms with Crippen molar-refractivity contribution in [3.63, 3.8) is 0 Å². The highest BCUT2D eigenvalue weighted by atomic mass is 35.5. The number of likely N-dealkylation sites (tertiary alicyclic amines) is 1. The van der Waals surface area contributed by atoms with E-state index in [1.165, 1.54) is 4.90 Å². The summed E-state index contributed by atoms with van der Waals surface area (Å²) in [4.78, 5) is 73.4. The molecule has 2 saturated carbocycles. The zero-order chi connectivity index (χ0) is 40.0. The molecule has 3 heterocycles. The highest BCUT2D eigenvalue weighted by molar-refractivity contribution is 7.91. The van der Waals surface area contributed by atoms with Crippen molar-refractivity contribution in [1.29, 1.82) is 0 Å². The maximum absolute atomic E-state index is 14.7. The number of hydrogen-bond donors (Lipinski definition) is 3. The van der Waals surface area contributed by atoms with Gasteiger partial charge in [0.15, 0.2) is 0 Å². The number of alkyl carbamates (subject to hydrolysis) is 1. The summed E-state index contributed by atoms with van der Waals surface area (Å²) in [5.41, 5.74) is -0.317. The Balaban J connectivity index is 1.18. The maximum atomic E-state index is 14.7. The van der Waals surface area contributed by atoms with E-state index in [-0.39, 0.29) is 37.9 Å². The van der Waals surface area contributed by atoms with Crippen LogP contribution in [0.15, 0.2) is 60.7 Å². The van der Waals surface area contributed by atoms with Crippen molar-refractivity contribution in [3.05, 3.63) is 71.3 Å². The SMILES string of the molecule is CC(C)(C)OC(=O)N[C@@H]1CCCCC/C=C\[C@H]2C[C@@]2(C(=O)NS(=O)(=O)C2CC2)NC(=O)[C@@H]2[C@H]3CN(C(=O)c4cccc(-c5ccccc5Cl)c4)C[C@H]3CN2C1=O. The van der Waals surface area contributed by atoms with Gasteiger partial charge in [-0.2, -0.15) is 0 Å². The number of ether oxygens (including phenoxy) is 1. The minimum absolute atomic E-state index is 0.135. The first kappa shape index (κ1) is 39.8. The van der Waals surface area contributed by atoms with Gasteiger partial charge < -0.3 is 25.2 Å². The molecule has 13 nitrogen and oxygen atoms in total. The van der Waals surface area contributed by atoms with Gasteiger partial charge in [-0.05, 0) is 83.1 Å². The van der Waals surface area contributed by atoms with Crippen molar-refractivity contribution in [2.24, 2.45) is 17.8 Å². The van der Waals surface area contributed by atoms with Gasteiger partial charge in [0.05, 0.1) is 5.25 Å². The third kappa shape index (κ3) is 8.46. The molecule has 0 radical (unpaired) electrons. The Kier molecular flexibility index (Phi) is 11.0. The smallest absolute Gasteiger partial charge is 0.408 e. The van der Waals surface area contributed by atoms with E-state index in [2.05, 4.69) is 15.4 Å². The fourth-order valence-corrected chi connectivity index (χ4v) is 9.99.